The highest BCUT2D eigenvalue weighted by Crippen LogP contribution is 2.40. The summed E-state index contributed by atoms with van der Waals surface area (Å²) in [5.74, 6) is -1.34. The Kier molecular flexibility index (Phi) is 6.87. The lowest BCUT2D eigenvalue weighted by Crippen LogP contribution is -2.45. The van der Waals surface area contributed by atoms with Crippen LogP contribution in [0.1, 0.15) is 69.9 Å². The molecule has 2 aliphatic carbocycles. The summed E-state index contributed by atoms with van der Waals surface area (Å²) in [5, 5.41) is 11.6. The SMILES string of the molecule is COC1(CNc2nc(NC3CCN(C4CCCC4)CC3)c3c(n2)c(C)nn3C)CCC(F)(F)CC1. The van der Waals surface area contributed by atoms with Gasteiger partial charge in [0, 0.05) is 58.7 Å². The lowest BCUT2D eigenvalue weighted by atomic mass is 9.82. The van der Waals surface area contributed by atoms with Gasteiger partial charge in [0.25, 0.3) is 0 Å². The quantitative estimate of drug-likeness (QED) is 0.590. The van der Waals surface area contributed by atoms with E-state index in [0.717, 1.165) is 54.5 Å². The maximum Gasteiger partial charge on any atom is 0.248 e. The minimum Gasteiger partial charge on any atom is -0.376 e. The van der Waals surface area contributed by atoms with E-state index in [0.29, 0.717) is 31.4 Å². The second kappa shape index (κ2) is 9.76. The third kappa shape index (κ3) is 5.23. The van der Waals surface area contributed by atoms with Gasteiger partial charge in [-0.25, -0.2) is 13.8 Å². The first kappa shape index (κ1) is 24.6. The summed E-state index contributed by atoms with van der Waals surface area (Å²) in [6, 6.07) is 1.12. The molecule has 2 saturated carbocycles. The maximum absolute atomic E-state index is 13.7. The number of methoxy groups -OCH3 is 1. The summed E-state index contributed by atoms with van der Waals surface area (Å²) in [4.78, 5) is 12.2. The van der Waals surface area contributed by atoms with Crippen LogP contribution in [0.25, 0.3) is 11.0 Å². The van der Waals surface area contributed by atoms with Crippen molar-refractivity contribution in [3.63, 3.8) is 0 Å². The molecule has 2 aromatic rings. The zero-order valence-corrected chi connectivity index (χ0v) is 21.2. The number of piperidine rings is 1. The standard InChI is InChI=1S/C25H39F2N7O/c1-17-20-21(33(2)32-17)22(29-18-8-14-34(15-9-18)19-6-4-5-7-19)31-23(30-20)28-16-24(35-3)10-12-25(26,27)13-11-24/h18-19H,4-16H2,1-3H3,(H2,28,29,30,31). The van der Waals surface area contributed by atoms with Gasteiger partial charge in [-0.1, -0.05) is 12.8 Å². The van der Waals surface area contributed by atoms with E-state index >= 15 is 0 Å². The number of ether oxygens (including phenoxy) is 1. The molecule has 0 amide bonds. The molecule has 35 heavy (non-hydrogen) atoms. The van der Waals surface area contributed by atoms with Gasteiger partial charge in [0.1, 0.15) is 11.0 Å². The lowest BCUT2D eigenvalue weighted by Gasteiger charge is -2.39. The van der Waals surface area contributed by atoms with E-state index in [2.05, 4.69) is 20.6 Å². The fourth-order valence-electron chi connectivity index (χ4n) is 6.15. The second-order valence-corrected chi connectivity index (χ2v) is 10.8. The number of nitrogens with zero attached hydrogens (tertiary/aromatic N) is 5. The Bertz CT molecular complexity index is 1020. The number of halogens is 2. The Balaban J connectivity index is 1.31. The van der Waals surface area contributed by atoms with Crippen LogP contribution in [-0.2, 0) is 11.8 Å². The topological polar surface area (TPSA) is 80.1 Å². The molecule has 0 spiro atoms. The van der Waals surface area contributed by atoms with E-state index in [1.165, 1.54) is 25.7 Å². The highest BCUT2D eigenvalue weighted by atomic mass is 19.3. The van der Waals surface area contributed by atoms with Crippen LogP contribution in [0.3, 0.4) is 0 Å². The van der Waals surface area contributed by atoms with Crippen molar-refractivity contribution >= 4 is 22.8 Å². The summed E-state index contributed by atoms with van der Waals surface area (Å²) in [7, 11) is 3.52. The molecular weight excluding hydrogens is 452 g/mol. The molecule has 1 saturated heterocycles. The summed E-state index contributed by atoms with van der Waals surface area (Å²) < 4.78 is 35.0. The van der Waals surface area contributed by atoms with Crippen molar-refractivity contribution in [2.24, 2.45) is 7.05 Å². The minimum absolute atomic E-state index is 0.156. The lowest BCUT2D eigenvalue weighted by molar-refractivity contribution is -0.112. The smallest absolute Gasteiger partial charge is 0.248 e. The number of anilines is 2. The summed E-state index contributed by atoms with van der Waals surface area (Å²) >= 11 is 0. The van der Waals surface area contributed by atoms with Crippen molar-refractivity contribution in [2.45, 2.75) is 94.7 Å². The Hall–Kier alpha value is -2.07. The van der Waals surface area contributed by atoms with Crippen molar-refractivity contribution in [3.8, 4) is 0 Å². The molecule has 0 aromatic carbocycles. The fourth-order valence-corrected chi connectivity index (χ4v) is 6.15. The van der Waals surface area contributed by atoms with Crippen molar-refractivity contribution in [1.29, 1.82) is 0 Å². The number of nitrogens with one attached hydrogen (secondary N) is 2. The molecular formula is C25H39F2N7O. The molecule has 2 aromatic heterocycles. The van der Waals surface area contributed by atoms with Crippen LogP contribution < -0.4 is 10.6 Å². The van der Waals surface area contributed by atoms with Gasteiger partial charge in [0.2, 0.25) is 11.9 Å². The monoisotopic (exact) mass is 491 g/mol. The minimum atomic E-state index is -2.60. The number of rotatable bonds is 7. The predicted molar refractivity (Wildman–Crippen MR) is 133 cm³/mol. The molecule has 3 aliphatic rings. The van der Waals surface area contributed by atoms with E-state index in [1.54, 1.807) is 7.11 Å². The summed E-state index contributed by atoms with van der Waals surface area (Å²) in [5.41, 5.74) is 1.90. The number of aryl methyl sites for hydroxylation is 2. The number of hydrogen-bond acceptors (Lipinski definition) is 7. The maximum atomic E-state index is 13.7. The highest BCUT2D eigenvalue weighted by Gasteiger charge is 2.43. The van der Waals surface area contributed by atoms with Crippen molar-refractivity contribution in [1.82, 2.24) is 24.6 Å². The zero-order valence-electron chi connectivity index (χ0n) is 21.2. The Morgan fingerprint density at radius 2 is 1.71 bits per heavy atom. The molecule has 10 heteroatoms. The van der Waals surface area contributed by atoms with Crippen LogP contribution in [0.2, 0.25) is 0 Å². The van der Waals surface area contributed by atoms with Crippen LogP contribution in [0.4, 0.5) is 20.5 Å². The molecule has 0 atom stereocenters. The Labute approximate surface area is 206 Å². The number of aromatic nitrogens is 4. The van der Waals surface area contributed by atoms with E-state index in [9.17, 15) is 8.78 Å². The molecule has 3 heterocycles. The van der Waals surface area contributed by atoms with Crippen LogP contribution in [0, 0.1) is 6.92 Å². The Morgan fingerprint density at radius 1 is 1.03 bits per heavy atom. The number of alkyl halides is 2. The third-order valence-electron chi connectivity index (χ3n) is 8.46. The van der Waals surface area contributed by atoms with Gasteiger partial charge < -0.3 is 20.3 Å². The van der Waals surface area contributed by atoms with Crippen molar-refractivity contribution < 1.29 is 13.5 Å². The van der Waals surface area contributed by atoms with E-state index in [4.69, 9.17) is 14.7 Å². The largest absolute Gasteiger partial charge is 0.376 e. The van der Waals surface area contributed by atoms with Crippen LogP contribution in [0.5, 0.6) is 0 Å². The van der Waals surface area contributed by atoms with E-state index in [1.807, 2.05) is 18.7 Å². The van der Waals surface area contributed by atoms with Gasteiger partial charge in [-0.15, -0.1) is 0 Å². The van der Waals surface area contributed by atoms with Gasteiger partial charge in [-0.2, -0.15) is 10.1 Å². The fraction of sp³-hybridized carbons (Fsp3) is 0.800. The van der Waals surface area contributed by atoms with Crippen LogP contribution in [0.15, 0.2) is 0 Å². The van der Waals surface area contributed by atoms with Crippen molar-refractivity contribution in [2.75, 3.05) is 37.4 Å². The number of likely N-dealkylation sites (tertiary alicyclic amines) is 1. The molecule has 8 nitrogen and oxygen atoms in total. The molecule has 1 aliphatic heterocycles. The first-order valence-corrected chi connectivity index (χ1v) is 13.2. The van der Waals surface area contributed by atoms with Gasteiger partial charge >= 0.3 is 0 Å². The highest BCUT2D eigenvalue weighted by molar-refractivity contribution is 5.88. The third-order valence-corrected chi connectivity index (χ3v) is 8.46. The van der Waals surface area contributed by atoms with E-state index < -0.39 is 11.5 Å². The first-order valence-electron chi connectivity index (χ1n) is 13.2. The Morgan fingerprint density at radius 3 is 2.37 bits per heavy atom. The average molecular weight is 492 g/mol. The molecule has 0 bridgehead atoms. The van der Waals surface area contributed by atoms with Gasteiger partial charge in [0.15, 0.2) is 5.82 Å². The number of fused-ring (bicyclic) bond motifs is 1. The number of hydrogen-bond donors (Lipinski definition) is 2. The predicted octanol–water partition coefficient (Wildman–Crippen LogP) is 4.50. The van der Waals surface area contributed by atoms with E-state index in [-0.39, 0.29) is 12.8 Å². The van der Waals surface area contributed by atoms with Gasteiger partial charge in [-0.3, -0.25) is 4.68 Å². The summed E-state index contributed by atoms with van der Waals surface area (Å²) in [6.45, 7) is 4.58. The normalized spacial score (nSPS) is 23.7. The molecule has 2 N–H and O–H groups in total. The van der Waals surface area contributed by atoms with Gasteiger partial charge in [-0.05, 0) is 45.4 Å². The zero-order chi connectivity index (χ0) is 24.6. The second-order valence-electron chi connectivity index (χ2n) is 10.8. The first-order chi connectivity index (χ1) is 16.8. The van der Waals surface area contributed by atoms with Crippen LogP contribution >= 0.6 is 0 Å². The molecule has 0 radical (unpaired) electrons. The molecule has 3 fully saturated rings. The van der Waals surface area contributed by atoms with Crippen molar-refractivity contribution in [3.05, 3.63) is 5.69 Å². The summed E-state index contributed by atoms with van der Waals surface area (Å²) in [6.07, 6.45) is 7.89. The molecule has 5 rings (SSSR count). The molecule has 0 unspecified atom stereocenters. The van der Waals surface area contributed by atoms with Gasteiger partial charge in [0.05, 0.1) is 11.3 Å². The molecule has 194 valence electrons. The van der Waals surface area contributed by atoms with Crippen LogP contribution in [-0.4, -0.2) is 75.0 Å². The average Bonchev–Trinajstić information content (AvgIpc) is 3.48.